The predicted octanol–water partition coefficient (Wildman–Crippen LogP) is 1.98. The second-order valence-corrected chi connectivity index (χ2v) is 7.12. The molecule has 28 heavy (non-hydrogen) atoms. The van der Waals surface area contributed by atoms with E-state index < -0.39 is 0 Å². The van der Waals surface area contributed by atoms with Gasteiger partial charge in [0.05, 0.1) is 33.0 Å². The van der Waals surface area contributed by atoms with Crippen LogP contribution in [-0.2, 0) is 9.47 Å². The zero-order valence-electron chi connectivity index (χ0n) is 17.2. The highest BCUT2D eigenvalue weighted by atomic mass is 16.5. The van der Waals surface area contributed by atoms with E-state index in [4.69, 9.17) is 19.2 Å². The number of methoxy groups -OCH3 is 1. The van der Waals surface area contributed by atoms with Gasteiger partial charge < -0.3 is 29.3 Å². The summed E-state index contributed by atoms with van der Waals surface area (Å²) in [5, 5.41) is 3.41. The second-order valence-electron chi connectivity index (χ2n) is 7.12. The Balaban J connectivity index is 1.45. The summed E-state index contributed by atoms with van der Waals surface area (Å²) >= 11 is 0. The Hall–Kier alpha value is -1.99. The smallest absolute Gasteiger partial charge is 0.194 e. The van der Waals surface area contributed by atoms with Gasteiger partial charge in [-0.05, 0) is 31.9 Å². The fourth-order valence-electron chi connectivity index (χ4n) is 3.62. The first-order valence-corrected chi connectivity index (χ1v) is 10.4. The molecule has 2 heterocycles. The highest BCUT2D eigenvalue weighted by molar-refractivity contribution is 5.80. The number of hydrogen-bond donors (Lipinski definition) is 1. The van der Waals surface area contributed by atoms with Crippen molar-refractivity contribution in [3.8, 4) is 5.75 Å². The number of anilines is 1. The van der Waals surface area contributed by atoms with Crippen LogP contribution >= 0.6 is 0 Å². The largest absolute Gasteiger partial charge is 0.497 e. The summed E-state index contributed by atoms with van der Waals surface area (Å²) in [6, 6.07) is 8.27. The molecule has 0 bridgehead atoms. The van der Waals surface area contributed by atoms with Crippen molar-refractivity contribution in [3.05, 3.63) is 24.3 Å². The summed E-state index contributed by atoms with van der Waals surface area (Å²) in [6.07, 6.45) is 2.55. The van der Waals surface area contributed by atoms with E-state index in [1.807, 2.05) is 12.1 Å². The van der Waals surface area contributed by atoms with Crippen molar-refractivity contribution in [2.24, 2.45) is 4.99 Å². The van der Waals surface area contributed by atoms with Crippen LogP contribution in [-0.4, -0.2) is 83.2 Å². The van der Waals surface area contributed by atoms with Gasteiger partial charge in [0.25, 0.3) is 0 Å². The zero-order chi connectivity index (χ0) is 19.6. The van der Waals surface area contributed by atoms with Gasteiger partial charge in [-0.25, -0.2) is 0 Å². The molecule has 1 atom stereocenters. The van der Waals surface area contributed by atoms with Gasteiger partial charge in [-0.2, -0.15) is 0 Å². The number of aliphatic imine (C=N–C) groups is 1. The standard InChI is InChI=1S/C21H34N4O3/c1-3-22-21(23-9-15-27-17-20-8-5-14-28-20)25-12-10-24(11-13-25)18-6-4-7-19(16-18)26-2/h4,6-7,16,20H,3,5,8-15,17H2,1-2H3,(H,22,23). The summed E-state index contributed by atoms with van der Waals surface area (Å²) in [7, 11) is 1.71. The minimum atomic E-state index is 0.280. The van der Waals surface area contributed by atoms with E-state index in [2.05, 4.69) is 34.2 Å². The first-order valence-electron chi connectivity index (χ1n) is 10.4. The van der Waals surface area contributed by atoms with Crippen LogP contribution in [0.2, 0.25) is 0 Å². The fourth-order valence-corrected chi connectivity index (χ4v) is 3.62. The molecule has 1 aromatic rings. The van der Waals surface area contributed by atoms with Gasteiger partial charge in [0, 0.05) is 51.1 Å². The van der Waals surface area contributed by atoms with E-state index in [1.165, 1.54) is 5.69 Å². The molecule has 2 fully saturated rings. The number of nitrogens with one attached hydrogen (secondary N) is 1. The Morgan fingerprint density at radius 2 is 2.14 bits per heavy atom. The van der Waals surface area contributed by atoms with Crippen molar-refractivity contribution in [2.75, 3.05) is 71.1 Å². The van der Waals surface area contributed by atoms with Crippen LogP contribution in [0.15, 0.2) is 29.3 Å². The third-order valence-electron chi connectivity index (χ3n) is 5.16. The Kier molecular flexibility index (Phi) is 8.23. The lowest BCUT2D eigenvalue weighted by Crippen LogP contribution is -2.52. The minimum absolute atomic E-state index is 0.280. The third-order valence-corrected chi connectivity index (χ3v) is 5.16. The maximum Gasteiger partial charge on any atom is 0.194 e. The van der Waals surface area contributed by atoms with Gasteiger partial charge in [-0.15, -0.1) is 0 Å². The molecule has 156 valence electrons. The first kappa shape index (κ1) is 20.7. The molecule has 2 aliphatic rings. The van der Waals surface area contributed by atoms with Gasteiger partial charge in [-0.3, -0.25) is 4.99 Å². The number of benzene rings is 1. The van der Waals surface area contributed by atoms with Crippen LogP contribution < -0.4 is 15.0 Å². The molecule has 0 saturated carbocycles. The van der Waals surface area contributed by atoms with Crippen LogP contribution in [0.1, 0.15) is 19.8 Å². The van der Waals surface area contributed by atoms with Crippen molar-refractivity contribution < 1.29 is 14.2 Å². The van der Waals surface area contributed by atoms with Crippen molar-refractivity contribution in [3.63, 3.8) is 0 Å². The van der Waals surface area contributed by atoms with E-state index in [0.29, 0.717) is 19.8 Å². The van der Waals surface area contributed by atoms with Gasteiger partial charge in [0.15, 0.2) is 5.96 Å². The van der Waals surface area contributed by atoms with E-state index in [-0.39, 0.29) is 6.10 Å². The maximum absolute atomic E-state index is 5.73. The predicted molar refractivity (Wildman–Crippen MR) is 113 cm³/mol. The molecule has 0 aliphatic carbocycles. The lowest BCUT2D eigenvalue weighted by molar-refractivity contribution is 0.0199. The molecular formula is C21H34N4O3. The molecule has 1 unspecified atom stereocenters. The molecule has 3 rings (SSSR count). The lowest BCUT2D eigenvalue weighted by Gasteiger charge is -2.37. The molecule has 0 amide bonds. The van der Waals surface area contributed by atoms with Gasteiger partial charge >= 0.3 is 0 Å². The average molecular weight is 391 g/mol. The van der Waals surface area contributed by atoms with E-state index in [1.54, 1.807) is 7.11 Å². The Bertz CT molecular complexity index is 611. The fraction of sp³-hybridized carbons (Fsp3) is 0.667. The Labute approximate surface area is 168 Å². The average Bonchev–Trinajstić information content (AvgIpc) is 3.26. The van der Waals surface area contributed by atoms with Gasteiger partial charge in [-0.1, -0.05) is 6.07 Å². The Morgan fingerprint density at radius 3 is 2.86 bits per heavy atom. The number of ether oxygens (including phenoxy) is 3. The SMILES string of the molecule is CCNC(=NCCOCC1CCCO1)N1CCN(c2cccc(OC)c2)CC1. The number of piperazine rings is 1. The second kappa shape index (κ2) is 11.1. The van der Waals surface area contributed by atoms with E-state index in [0.717, 1.165) is 63.9 Å². The highest BCUT2D eigenvalue weighted by Gasteiger charge is 2.20. The number of rotatable bonds is 8. The molecule has 7 heteroatoms. The molecular weight excluding hydrogens is 356 g/mol. The molecule has 0 aromatic heterocycles. The van der Waals surface area contributed by atoms with E-state index in [9.17, 15) is 0 Å². The van der Waals surface area contributed by atoms with Crippen LogP contribution in [0.25, 0.3) is 0 Å². The number of guanidine groups is 1. The van der Waals surface area contributed by atoms with Crippen molar-refractivity contribution in [1.82, 2.24) is 10.2 Å². The summed E-state index contributed by atoms with van der Waals surface area (Å²) in [6.45, 7) is 9.66. The number of nitrogens with zero attached hydrogens (tertiary/aromatic N) is 3. The molecule has 1 N–H and O–H groups in total. The van der Waals surface area contributed by atoms with Crippen molar-refractivity contribution in [1.29, 1.82) is 0 Å². The molecule has 7 nitrogen and oxygen atoms in total. The summed E-state index contributed by atoms with van der Waals surface area (Å²) in [5.74, 6) is 1.88. The Morgan fingerprint density at radius 1 is 1.29 bits per heavy atom. The maximum atomic E-state index is 5.73. The zero-order valence-corrected chi connectivity index (χ0v) is 17.2. The van der Waals surface area contributed by atoms with E-state index >= 15 is 0 Å². The van der Waals surface area contributed by atoms with Crippen LogP contribution in [0.4, 0.5) is 5.69 Å². The molecule has 2 aliphatic heterocycles. The number of hydrogen-bond acceptors (Lipinski definition) is 5. The van der Waals surface area contributed by atoms with Crippen LogP contribution in [0, 0.1) is 0 Å². The van der Waals surface area contributed by atoms with Crippen LogP contribution in [0.5, 0.6) is 5.75 Å². The molecule has 2 saturated heterocycles. The summed E-state index contributed by atoms with van der Waals surface area (Å²) in [4.78, 5) is 9.48. The third kappa shape index (κ3) is 6.01. The molecule has 1 aromatic carbocycles. The topological polar surface area (TPSA) is 58.6 Å². The molecule has 0 radical (unpaired) electrons. The summed E-state index contributed by atoms with van der Waals surface area (Å²) in [5.41, 5.74) is 1.21. The van der Waals surface area contributed by atoms with Crippen LogP contribution in [0.3, 0.4) is 0 Å². The van der Waals surface area contributed by atoms with Crippen molar-refractivity contribution in [2.45, 2.75) is 25.9 Å². The first-order chi connectivity index (χ1) is 13.8. The van der Waals surface area contributed by atoms with Crippen molar-refractivity contribution >= 4 is 11.6 Å². The highest BCUT2D eigenvalue weighted by Crippen LogP contribution is 2.22. The quantitative estimate of drug-likeness (QED) is 0.416. The lowest BCUT2D eigenvalue weighted by atomic mass is 10.2. The summed E-state index contributed by atoms with van der Waals surface area (Å²) < 4.78 is 16.7. The normalized spacial score (nSPS) is 20.5. The van der Waals surface area contributed by atoms with Gasteiger partial charge in [0.1, 0.15) is 5.75 Å². The molecule has 0 spiro atoms. The monoisotopic (exact) mass is 390 g/mol. The van der Waals surface area contributed by atoms with Gasteiger partial charge in [0.2, 0.25) is 0 Å². The minimum Gasteiger partial charge on any atom is -0.497 e.